The molecule has 1 aliphatic carbocycles. The van der Waals surface area contributed by atoms with E-state index in [1.54, 1.807) is 0 Å². The fourth-order valence-electron chi connectivity index (χ4n) is 1.60. The summed E-state index contributed by atoms with van der Waals surface area (Å²) in [4.78, 5) is 2.57. The molecule has 1 saturated carbocycles. The van der Waals surface area contributed by atoms with Crippen molar-refractivity contribution in [3.63, 3.8) is 0 Å². The summed E-state index contributed by atoms with van der Waals surface area (Å²) >= 11 is 0. The third-order valence-corrected chi connectivity index (χ3v) is 2.75. The minimum absolute atomic E-state index is 0.573. The van der Waals surface area contributed by atoms with Gasteiger partial charge >= 0.3 is 0 Å². The van der Waals surface area contributed by atoms with E-state index >= 15 is 0 Å². The summed E-state index contributed by atoms with van der Waals surface area (Å²) in [5.41, 5.74) is 0.573. The molecule has 0 aromatic carbocycles. The molecule has 1 saturated heterocycles. The van der Waals surface area contributed by atoms with Crippen LogP contribution < -0.4 is 0 Å². The molecule has 2 rings (SSSR count). The van der Waals surface area contributed by atoms with Crippen molar-refractivity contribution in [3.8, 4) is 0 Å². The van der Waals surface area contributed by atoms with E-state index in [9.17, 15) is 0 Å². The minimum Gasteiger partial charge on any atom is -0.379 e. The van der Waals surface area contributed by atoms with E-state index in [1.807, 2.05) is 0 Å². The maximum atomic E-state index is 5.28. The molecule has 1 heterocycles. The Labute approximate surface area is 62.2 Å². The molecule has 0 amide bonds. The SMILES string of the molecule is CC1(N2CCOCC2)CC1. The van der Waals surface area contributed by atoms with E-state index in [0.29, 0.717) is 5.54 Å². The largest absolute Gasteiger partial charge is 0.379 e. The summed E-state index contributed by atoms with van der Waals surface area (Å²) < 4.78 is 5.28. The summed E-state index contributed by atoms with van der Waals surface area (Å²) in [5.74, 6) is 0. The molecule has 0 unspecified atom stereocenters. The molecule has 2 fully saturated rings. The number of ether oxygens (including phenoxy) is 1. The predicted molar refractivity (Wildman–Crippen MR) is 40.0 cm³/mol. The zero-order chi connectivity index (χ0) is 7.03. The van der Waals surface area contributed by atoms with Gasteiger partial charge in [-0.05, 0) is 19.8 Å². The molecule has 2 nitrogen and oxygen atoms in total. The molecular formula is C8H15NO. The molecule has 1 aliphatic heterocycles. The maximum Gasteiger partial charge on any atom is 0.0594 e. The summed E-state index contributed by atoms with van der Waals surface area (Å²) in [5, 5.41) is 0. The van der Waals surface area contributed by atoms with Crippen molar-refractivity contribution in [2.75, 3.05) is 26.3 Å². The zero-order valence-corrected chi connectivity index (χ0v) is 6.60. The first-order chi connectivity index (χ1) is 4.81. The fraction of sp³-hybridized carbons (Fsp3) is 1.00. The fourth-order valence-corrected chi connectivity index (χ4v) is 1.60. The van der Waals surface area contributed by atoms with Crippen LogP contribution in [0.2, 0.25) is 0 Å². The van der Waals surface area contributed by atoms with Crippen molar-refractivity contribution in [2.24, 2.45) is 0 Å². The van der Waals surface area contributed by atoms with Crippen LogP contribution in [-0.4, -0.2) is 36.7 Å². The molecule has 0 bridgehead atoms. The lowest BCUT2D eigenvalue weighted by atomic mass is 10.2. The van der Waals surface area contributed by atoms with Gasteiger partial charge in [0.25, 0.3) is 0 Å². The predicted octanol–water partition coefficient (Wildman–Crippen LogP) is 0.871. The van der Waals surface area contributed by atoms with Gasteiger partial charge in [0.15, 0.2) is 0 Å². The molecule has 0 aromatic rings. The molecule has 0 spiro atoms. The minimum atomic E-state index is 0.573. The highest BCUT2D eigenvalue weighted by Gasteiger charge is 2.43. The number of hydrogen-bond acceptors (Lipinski definition) is 2. The Balaban J connectivity index is 1.91. The number of hydrogen-bond donors (Lipinski definition) is 0. The maximum absolute atomic E-state index is 5.28. The average Bonchev–Trinajstić information content (AvgIpc) is 2.72. The normalized spacial score (nSPS) is 32.1. The number of rotatable bonds is 1. The quantitative estimate of drug-likeness (QED) is 0.537. The Kier molecular flexibility index (Phi) is 1.46. The monoisotopic (exact) mass is 141 g/mol. The Hall–Kier alpha value is -0.0800. The van der Waals surface area contributed by atoms with Crippen LogP contribution >= 0.6 is 0 Å². The molecular weight excluding hydrogens is 126 g/mol. The smallest absolute Gasteiger partial charge is 0.0594 e. The van der Waals surface area contributed by atoms with Gasteiger partial charge < -0.3 is 4.74 Å². The van der Waals surface area contributed by atoms with Crippen molar-refractivity contribution in [3.05, 3.63) is 0 Å². The van der Waals surface area contributed by atoms with Gasteiger partial charge in [-0.15, -0.1) is 0 Å². The van der Waals surface area contributed by atoms with Crippen molar-refractivity contribution < 1.29 is 4.74 Å². The van der Waals surface area contributed by atoms with E-state index in [0.717, 1.165) is 26.3 Å². The van der Waals surface area contributed by atoms with Gasteiger partial charge in [-0.2, -0.15) is 0 Å². The van der Waals surface area contributed by atoms with E-state index in [1.165, 1.54) is 12.8 Å². The molecule has 58 valence electrons. The van der Waals surface area contributed by atoms with Gasteiger partial charge in [0.05, 0.1) is 13.2 Å². The Morgan fingerprint density at radius 3 is 2.30 bits per heavy atom. The molecule has 0 atom stereocenters. The second-order valence-corrected chi connectivity index (χ2v) is 3.60. The van der Waals surface area contributed by atoms with Crippen LogP contribution in [0.4, 0.5) is 0 Å². The Morgan fingerprint density at radius 2 is 1.80 bits per heavy atom. The second-order valence-electron chi connectivity index (χ2n) is 3.60. The highest BCUT2D eigenvalue weighted by Crippen LogP contribution is 2.41. The lowest BCUT2D eigenvalue weighted by Gasteiger charge is -2.32. The molecule has 0 N–H and O–H groups in total. The van der Waals surface area contributed by atoms with Crippen LogP contribution in [0, 0.1) is 0 Å². The number of nitrogens with zero attached hydrogens (tertiary/aromatic N) is 1. The van der Waals surface area contributed by atoms with Gasteiger partial charge in [-0.1, -0.05) is 0 Å². The first-order valence-electron chi connectivity index (χ1n) is 4.14. The molecule has 2 aliphatic rings. The van der Waals surface area contributed by atoms with Crippen LogP contribution in [0.25, 0.3) is 0 Å². The number of morpholine rings is 1. The van der Waals surface area contributed by atoms with E-state index in [4.69, 9.17) is 4.74 Å². The lowest BCUT2D eigenvalue weighted by Crippen LogP contribution is -2.43. The van der Waals surface area contributed by atoms with E-state index in [-0.39, 0.29) is 0 Å². The lowest BCUT2D eigenvalue weighted by molar-refractivity contribution is 0.0139. The van der Waals surface area contributed by atoms with Crippen LogP contribution in [0.3, 0.4) is 0 Å². The summed E-state index contributed by atoms with van der Waals surface area (Å²) in [6.45, 7) is 6.54. The Bertz CT molecular complexity index is 125. The zero-order valence-electron chi connectivity index (χ0n) is 6.60. The molecule has 10 heavy (non-hydrogen) atoms. The van der Waals surface area contributed by atoms with Crippen LogP contribution in [0.15, 0.2) is 0 Å². The highest BCUT2D eigenvalue weighted by atomic mass is 16.5. The summed E-state index contributed by atoms with van der Waals surface area (Å²) in [6.07, 6.45) is 2.79. The van der Waals surface area contributed by atoms with Gasteiger partial charge in [0, 0.05) is 18.6 Å². The van der Waals surface area contributed by atoms with Crippen molar-refractivity contribution in [2.45, 2.75) is 25.3 Å². The third-order valence-electron chi connectivity index (χ3n) is 2.75. The first-order valence-corrected chi connectivity index (χ1v) is 4.14. The standard InChI is InChI=1S/C8H15NO/c1-8(2-3-8)9-4-6-10-7-5-9/h2-7H2,1H3. The van der Waals surface area contributed by atoms with Gasteiger partial charge in [-0.25, -0.2) is 0 Å². The van der Waals surface area contributed by atoms with Gasteiger partial charge in [0.1, 0.15) is 0 Å². The van der Waals surface area contributed by atoms with Crippen molar-refractivity contribution in [1.29, 1.82) is 0 Å². The topological polar surface area (TPSA) is 12.5 Å². The van der Waals surface area contributed by atoms with Gasteiger partial charge in [0.2, 0.25) is 0 Å². The summed E-state index contributed by atoms with van der Waals surface area (Å²) in [6, 6.07) is 0. The molecule has 0 radical (unpaired) electrons. The van der Waals surface area contributed by atoms with Crippen molar-refractivity contribution >= 4 is 0 Å². The molecule has 0 aromatic heterocycles. The van der Waals surface area contributed by atoms with Gasteiger partial charge in [-0.3, -0.25) is 4.90 Å². The third kappa shape index (κ3) is 1.06. The van der Waals surface area contributed by atoms with Crippen molar-refractivity contribution in [1.82, 2.24) is 4.90 Å². The second kappa shape index (κ2) is 2.21. The Morgan fingerprint density at radius 1 is 1.20 bits per heavy atom. The van der Waals surface area contributed by atoms with Crippen LogP contribution in [0.1, 0.15) is 19.8 Å². The molecule has 2 heteroatoms. The average molecular weight is 141 g/mol. The van der Waals surface area contributed by atoms with E-state index in [2.05, 4.69) is 11.8 Å². The summed E-state index contributed by atoms with van der Waals surface area (Å²) in [7, 11) is 0. The van der Waals surface area contributed by atoms with E-state index < -0.39 is 0 Å². The first kappa shape index (κ1) is 6.62. The van der Waals surface area contributed by atoms with Crippen LogP contribution in [-0.2, 0) is 4.74 Å². The van der Waals surface area contributed by atoms with Crippen LogP contribution in [0.5, 0.6) is 0 Å². The highest BCUT2D eigenvalue weighted by molar-refractivity contribution is 4.99.